The van der Waals surface area contributed by atoms with Crippen molar-refractivity contribution in [1.29, 1.82) is 0 Å². The molecule has 1 saturated heterocycles. The second-order valence-electron chi connectivity index (χ2n) is 16.1. The van der Waals surface area contributed by atoms with Gasteiger partial charge in [-0.15, -0.1) is 0 Å². The molecule has 36 heavy (non-hydrogen) atoms. The van der Waals surface area contributed by atoms with E-state index in [-0.39, 0.29) is 51.9 Å². The van der Waals surface area contributed by atoms with E-state index in [9.17, 15) is 9.90 Å². The van der Waals surface area contributed by atoms with E-state index in [2.05, 4.69) is 55.4 Å². The minimum absolute atomic E-state index is 0.0117. The zero-order valence-corrected chi connectivity index (χ0v) is 24.4. The fourth-order valence-electron chi connectivity index (χ4n) is 12.5. The Balaban J connectivity index is 1.36. The molecule has 13 atom stereocenters. The van der Waals surface area contributed by atoms with Gasteiger partial charge in [-0.1, -0.05) is 48.5 Å². The highest BCUT2D eigenvalue weighted by molar-refractivity contribution is 5.66. The van der Waals surface area contributed by atoms with Crippen molar-refractivity contribution in [3.8, 4) is 0 Å². The Morgan fingerprint density at radius 3 is 2.17 bits per heavy atom. The average molecular weight is 501 g/mol. The lowest BCUT2D eigenvalue weighted by molar-refractivity contribution is -0.261. The van der Waals surface area contributed by atoms with E-state index in [1.165, 1.54) is 44.9 Å². The lowest BCUT2D eigenvalue weighted by Gasteiger charge is -2.73. The maximum atomic E-state index is 11.9. The van der Waals surface area contributed by atoms with Gasteiger partial charge in [-0.3, -0.25) is 4.79 Å². The van der Waals surface area contributed by atoms with Gasteiger partial charge in [0.2, 0.25) is 0 Å². The molecule has 0 bridgehead atoms. The van der Waals surface area contributed by atoms with Crippen LogP contribution in [0.4, 0.5) is 0 Å². The summed E-state index contributed by atoms with van der Waals surface area (Å²) in [7, 11) is 0. The molecule has 1 aliphatic heterocycles. The van der Waals surface area contributed by atoms with Crippen LogP contribution in [0.3, 0.4) is 0 Å². The summed E-state index contributed by atoms with van der Waals surface area (Å²) in [6.07, 6.45) is 10.1. The summed E-state index contributed by atoms with van der Waals surface area (Å²) in [5, 5.41) is 11.6. The Labute approximate surface area is 219 Å². The molecule has 4 heteroatoms. The monoisotopic (exact) mass is 500 g/mol. The normalized spacial score (nSPS) is 60.9. The average Bonchev–Trinajstić information content (AvgIpc) is 3.58. The minimum atomic E-state index is -0.715. The number of ether oxygens (including phenoxy) is 2. The van der Waals surface area contributed by atoms with Gasteiger partial charge < -0.3 is 14.6 Å². The maximum Gasteiger partial charge on any atom is 0.302 e. The van der Waals surface area contributed by atoms with E-state index >= 15 is 0 Å². The Morgan fingerprint density at radius 1 is 0.806 bits per heavy atom. The summed E-state index contributed by atoms with van der Waals surface area (Å²) >= 11 is 0. The summed E-state index contributed by atoms with van der Waals surface area (Å²) in [5.74, 6) is 2.60. The van der Waals surface area contributed by atoms with Gasteiger partial charge >= 0.3 is 5.97 Å². The number of aliphatic hydroxyl groups is 1. The highest BCUT2D eigenvalue weighted by atomic mass is 16.6. The van der Waals surface area contributed by atoms with Crippen molar-refractivity contribution in [2.45, 2.75) is 138 Å². The van der Waals surface area contributed by atoms with E-state index < -0.39 is 5.60 Å². The van der Waals surface area contributed by atoms with Crippen molar-refractivity contribution in [3.05, 3.63) is 0 Å². The summed E-state index contributed by atoms with van der Waals surface area (Å²) in [6, 6.07) is 0. The fourth-order valence-corrected chi connectivity index (χ4v) is 12.5. The first kappa shape index (κ1) is 25.7. The molecule has 0 spiro atoms. The molecule has 0 amide bonds. The van der Waals surface area contributed by atoms with Crippen molar-refractivity contribution < 1.29 is 19.4 Å². The lowest BCUT2D eigenvalue weighted by Crippen LogP contribution is -2.69. The summed E-state index contributed by atoms with van der Waals surface area (Å²) in [5.41, 5.74) is 0.378. The van der Waals surface area contributed by atoms with Crippen LogP contribution in [0, 0.1) is 56.7 Å². The quantitative estimate of drug-likeness (QED) is 0.318. The van der Waals surface area contributed by atoms with Gasteiger partial charge in [-0.25, -0.2) is 0 Å². The molecule has 5 aliphatic carbocycles. The molecule has 0 aromatic rings. The topological polar surface area (TPSA) is 59.1 Å². The first-order chi connectivity index (χ1) is 16.5. The summed E-state index contributed by atoms with van der Waals surface area (Å²) < 4.78 is 12.2. The molecule has 4 nitrogen and oxygen atoms in total. The predicted octanol–water partition coefficient (Wildman–Crippen LogP) is 6.78. The van der Waals surface area contributed by atoms with Crippen molar-refractivity contribution in [3.63, 3.8) is 0 Å². The van der Waals surface area contributed by atoms with Crippen molar-refractivity contribution in [2.75, 3.05) is 0 Å². The van der Waals surface area contributed by atoms with E-state index in [1.807, 2.05) is 0 Å². The van der Waals surface area contributed by atoms with E-state index in [0.29, 0.717) is 29.1 Å². The zero-order valence-electron chi connectivity index (χ0n) is 24.4. The molecule has 204 valence electrons. The standard InChI is InChI=1S/C32H52O4/c1-18-24-20-10-11-22-28(5)14-13-23(35-19(2)33)27(3,4)21(28)12-15-31(22,8)30(20,7)17-16-29(24,6)25-26(36-25)32(18,9)34/h18,20-26,34H,10-17H2,1-9H3/t18-,20+,21-,22+,23-,24+,25-,26+,28-,29+,30+,31+,32-/m0/s1. The number of esters is 1. The number of hydrogen-bond donors (Lipinski definition) is 1. The van der Waals surface area contributed by atoms with Crippen LogP contribution >= 0.6 is 0 Å². The van der Waals surface area contributed by atoms with Gasteiger partial charge in [-0.05, 0) is 110 Å². The molecule has 6 aliphatic rings. The smallest absolute Gasteiger partial charge is 0.302 e. The van der Waals surface area contributed by atoms with Crippen LogP contribution in [0.1, 0.15) is 114 Å². The van der Waals surface area contributed by atoms with E-state index in [0.717, 1.165) is 6.42 Å². The molecule has 0 radical (unpaired) electrons. The molecular formula is C32H52O4. The van der Waals surface area contributed by atoms with Gasteiger partial charge in [-0.2, -0.15) is 0 Å². The number of epoxide rings is 1. The summed E-state index contributed by atoms with van der Waals surface area (Å²) in [4.78, 5) is 11.9. The Hall–Kier alpha value is -0.610. The maximum absolute atomic E-state index is 11.9. The molecular weight excluding hydrogens is 448 g/mol. The molecule has 0 aromatic carbocycles. The predicted molar refractivity (Wildman–Crippen MR) is 141 cm³/mol. The van der Waals surface area contributed by atoms with Crippen LogP contribution in [0.15, 0.2) is 0 Å². The molecule has 0 unspecified atom stereocenters. The van der Waals surface area contributed by atoms with Gasteiger partial charge in [0, 0.05) is 12.3 Å². The fraction of sp³-hybridized carbons (Fsp3) is 0.969. The largest absolute Gasteiger partial charge is 0.462 e. The Bertz CT molecular complexity index is 956. The first-order valence-corrected chi connectivity index (χ1v) is 15.1. The van der Waals surface area contributed by atoms with Gasteiger partial charge in [0.15, 0.2) is 0 Å². The van der Waals surface area contributed by atoms with Crippen LogP contribution in [0.25, 0.3) is 0 Å². The van der Waals surface area contributed by atoms with Crippen molar-refractivity contribution in [2.24, 2.45) is 56.7 Å². The third kappa shape index (κ3) is 2.87. The summed E-state index contributed by atoms with van der Waals surface area (Å²) in [6.45, 7) is 21.1. The zero-order chi connectivity index (χ0) is 26.3. The van der Waals surface area contributed by atoms with Gasteiger partial charge in [0.05, 0.1) is 11.7 Å². The Morgan fingerprint density at radius 2 is 1.50 bits per heavy atom. The molecule has 0 aromatic heterocycles. The first-order valence-electron chi connectivity index (χ1n) is 15.1. The van der Waals surface area contributed by atoms with Gasteiger partial charge in [0.25, 0.3) is 0 Å². The second kappa shape index (κ2) is 7.32. The second-order valence-corrected chi connectivity index (χ2v) is 16.1. The number of carbonyl (C=O) groups is 1. The molecule has 5 saturated carbocycles. The molecule has 6 rings (SSSR count). The van der Waals surface area contributed by atoms with Gasteiger partial charge in [0.1, 0.15) is 12.2 Å². The number of rotatable bonds is 1. The molecule has 1 N–H and O–H groups in total. The third-order valence-corrected chi connectivity index (χ3v) is 14.7. The van der Waals surface area contributed by atoms with Crippen LogP contribution in [-0.2, 0) is 14.3 Å². The molecule has 1 heterocycles. The number of fused-ring (bicyclic) bond motifs is 9. The van der Waals surface area contributed by atoms with Crippen LogP contribution < -0.4 is 0 Å². The van der Waals surface area contributed by atoms with Crippen LogP contribution in [-0.4, -0.2) is 35.0 Å². The number of carbonyl (C=O) groups excluding carboxylic acids is 1. The van der Waals surface area contributed by atoms with E-state index in [4.69, 9.17) is 9.47 Å². The van der Waals surface area contributed by atoms with E-state index in [1.54, 1.807) is 6.92 Å². The minimum Gasteiger partial charge on any atom is -0.462 e. The highest BCUT2D eigenvalue weighted by Gasteiger charge is 2.76. The van der Waals surface area contributed by atoms with Crippen LogP contribution in [0.2, 0.25) is 0 Å². The highest BCUT2D eigenvalue weighted by Crippen LogP contribution is 2.78. The Kier molecular flexibility index (Phi) is 5.21. The van der Waals surface area contributed by atoms with Crippen molar-refractivity contribution in [1.82, 2.24) is 0 Å². The molecule has 6 fully saturated rings. The van der Waals surface area contributed by atoms with Crippen LogP contribution in [0.5, 0.6) is 0 Å². The lowest BCUT2D eigenvalue weighted by atomic mass is 9.31. The SMILES string of the molecule is CC(=O)O[C@H]1CC[C@]2(C)[C@H]3CC[C@@H]4[C@H]5[C@H](C)[C@](C)(O)[C@@H]6O[C@@H]6[C@]5(C)CC[C@@]4(C)[C@]3(C)CC[C@H]2C1(C)C. The number of hydrogen-bond acceptors (Lipinski definition) is 4. The van der Waals surface area contributed by atoms with Crippen molar-refractivity contribution >= 4 is 5.97 Å². The third-order valence-electron chi connectivity index (χ3n) is 14.7.